The number of halogens is 2. The summed E-state index contributed by atoms with van der Waals surface area (Å²) in [6.07, 6.45) is 0. The lowest BCUT2D eigenvalue weighted by Gasteiger charge is -2.13. The number of hydrogen-bond donors (Lipinski definition) is 1. The maximum absolute atomic E-state index is 11.0. The highest BCUT2D eigenvalue weighted by molar-refractivity contribution is 6.42. The number of carbonyl (C=O) groups is 1. The summed E-state index contributed by atoms with van der Waals surface area (Å²) in [6, 6.07) is 4.76. The molecular formula is C12H15Cl2NO3. The Bertz CT molecular complexity index is 412. The molecule has 100 valence electrons. The van der Waals surface area contributed by atoms with Gasteiger partial charge in [-0.05, 0) is 24.6 Å². The normalized spacial score (nSPS) is 12.2. The van der Waals surface area contributed by atoms with Gasteiger partial charge in [0.15, 0.2) is 0 Å². The van der Waals surface area contributed by atoms with Crippen LogP contribution in [0.1, 0.15) is 18.5 Å². The third-order valence-electron chi connectivity index (χ3n) is 2.19. The van der Waals surface area contributed by atoms with Crippen LogP contribution in [0.3, 0.4) is 0 Å². The Morgan fingerprint density at radius 1 is 1.39 bits per heavy atom. The van der Waals surface area contributed by atoms with Crippen LogP contribution in [-0.2, 0) is 14.3 Å². The summed E-state index contributed by atoms with van der Waals surface area (Å²) in [5, 5.41) is 0.912. The summed E-state index contributed by atoms with van der Waals surface area (Å²) in [6.45, 7) is 2.17. The van der Waals surface area contributed by atoms with Crippen LogP contribution < -0.4 is 5.73 Å². The summed E-state index contributed by atoms with van der Waals surface area (Å²) < 4.78 is 9.88. The average Bonchev–Trinajstić information content (AvgIpc) is 2.33. The van der Waals surface area contributed by atoms with Gasteiger partial charge in [-0.1, -0.05) is 29.3 Å². The molecule has 0 heterocycles. The number of hydrogen-bond acceptors (Lipinski definition) is 4. The first-order chi connectivity index (χ1) is 8.54. The molecule has 6 heteroatoms. The summed E-state index contributed by atoms with van der Waals surface area (Å²) >= 11 is 11.7. The molecule has 0 aliphatic rings. The second-order valence-electron chi connectivity index (χ2n) is 3.60. The zero-order valence-corrected chi connectivity index (χ0v) is 11.5. The van der Waals surface area contributed by atoms with Crippen LogP contribution >= 0.6 is 23.2 Å². The molecular weight excluding hydrogens is 277 g/mol. The molecule has 4 nitrogen and oxygen atoms in total. The Morgan fingerprint density at radius 2 is 2.11 bits per heavy atom. The predicted octanol–water partition coefficient (Wildman–Crippen LogP) is 2.57. The lowest BCUT2D eigenvalue weighted by atomic mass is 10.1. The largest absolute Gasteiger partial charge is 0.464 e. The molecule has 1 aromatic carbocycles. The van der Waals surface area contributed by atoms with Crippen molar-refractivity contribution in [2.24, 2.45) is 5.73 Å². The van der Waals surface area contributed by atoms with E-state index >= 15 is 0 Å². The number of ether oxygens (including phenoxy) is 2. The fraction of sp³-hybridized carbons (Fsp3) is 0.417. The lowest BCUT2D eigenvalue weighted by molar-refractivity contribution is -0.148. The second kappa shape index (κ2) is 7.59. The third kappa shape index (κ3) is 4.82. The maximum atomic E-state index is 11.0. The first kappa shape index (κ1) is 15.2. The molecule has 0 bridgehead atoms. The molecule has 0 aliphatic carbocycles. The van der Waals surface area contributed by atoms with Crippen molar-refractivity contribution in [1.82, 2.24) is 0 Å². The van der Waals surface area contributed by atoms with E-state index in [1.807, 2.05) is 0 Å². The van der Waals surface area contributed by atoms with E-state index in [1.165, 1.54) is 0 Å². The van der Waals surface area contributed by atoms with E-state index in [0.717, 1.165) is 5.56 Å². The van der Waals surface area contributed by atoms with Crippen LogP contribution in [-0.4, -0.2) is 25.8 Å². The molecule has 0 amide bonds. The molecule has 1 unspecified atom stereocenters. The molecule has 0 saturated carbocycles. The van der Waals surface area contributed by atoms with Crippen molar-refractivity contribution in [2.45, 2.75) is 13.0 Å². The van der Waals surface area contributed by atoms with Crippen LogP contribution in [0.2, 0.25) is 10.0 Å². The first-order valence-corrected chi connectivity index (χ1v) is 6.24. The molecule has 0 saturated heterocycles. The summed E-state index contributed by atoms with van der Waals surface area (Å²) in [5.74, 6) is -0.404. The molecule has 0 radical (unpaired) electrons. The third-order valence-corrected chi connectivity index (χ3v) is 2.93. The molecule has 2 N–H and O–H groups in total. The number of benzene rings is 1. The molecule has 0 aromatic heterocycles. The average molecular weight is 292 g/mol. The molecule has 0 aliphatic heterocycles. The van der Waals surface area contributed by atoms with Gasteiger partial charge in [-0.25, -0.2) is 4.79 Å². The van der Waals surface area contributed by atoms with Gasteiger partial charge in [0.2, 0.25) is 0 Å². The Kier molecular flexibility index (Phi) is 6.43. The van der Waals surface area contributed by atoms with Gasteiger partial charge in [-0.15, -0.1) is 0 Å². The van der Waals surface area contributed by atoms with Gasteiger partial charge in [0, 0.05) is 0 Å². The zero-order valence-electron chi connectivity index (χ0n) is 9.99. The SMILES string of the molecule is CCOC(=O)COCC(N)c1ccc(Cl)c(Cl)c1. The Balaban J connectivity index is 2.43. The van der Waals surface area contributed by atoms with Crippen molar-refractivity contribution in [3.63, 3.8) is 0 Å². The van der Waals surface area contributed by atoms with Crippen molar-refractivity contribution in [3.05, 3.63) is 33.8 Å². The van der Waals surface area contributed by atoms with Crippen molar-refractivity contribution < 1.29 is 14.3 Å². The van der Waals surface area contributed by atoms with Gasteiger partial charge < -0.3 is 15.2 Å². The quantitative estimate of drug-likeness (QED) is 0.819. The Morgan fingerprint density at radius 3 is 2.72 bits per heavy atom. The Labute approximate surface area is 116 Å². The van der Waals surface area contributed by atoms with E-state index in [1.54, 1.807) is 25.1 Å². The summed E-state index contributed by atoms with van der Waals surface area (Å²) in [5.41, 5.74) is 6.69. The summed E-state index contributed by atoms with van der Waals surface area (Å²) in [4.78, 5) is 11.0. The van der Waals surface area contributed by atoms with Crippen LogP contribution in [0.25, 0.3) is 0 Å². The molecule has 1 rings (SSSR count). The number of carbonyl (C=O) groups excluding carboxylic acids is 1. The Hall–Kier alpha value is -0.810. The first-order valence-electron chi connectivity index (χ1n) is 5.48. The predicted molar refractivity (Wildman–Crippen MR) is 70.8 cm³/mol. The zero-order chi connectivity index (χ0) is 13.5. The van der Waals surface area contributed by atoms with Crippen LogP contribution in [0.4, 0.5) is 0 Å². The fourth-order valence-corrected chi connectivity index (χ4v) is 1.62. The van der Waals surface area contributed by atoms with Crippen LogP contribution in [0.15, 0.2) is 18.2 Å². The smallest absolute Gasteiger partial charge is 0.332 e. The molecule has 0 fully saturated rings. The molecule has 1 atom stereocenters. The number of nitrogens with two attached hydrogens (primary N) is 1. The van der Waals surface area contributed by atoms with E-state index in [0.29, 0.717) is 16.7 Å². The molecule has 1 aromatic rings. The minimum absolute atomic E-state index is 0.108. The van der Waals surface area contributed by atoms with Gasteiger partial charge in [-0.2, -0.15) is 0 Å². The van der Waals surface area contributed by atoms with Crippen molar-refractivity contribution >= 4 is 29.2 Å². The van der Waals surface area contributed by atoms with Gasteiger partial charge in [-0.3, -0.25) is 0 Å². The molecule has 0 spiro atoms. The van der Waals surface area contributed by atoms with Crippen molar-refractivity contribution in [2.75, 3.05) is 19.8 Å². The maximum Gasteiger partial charge on any atom is 0.332 e. The van der Waals surface area contributed by atoms with Gasteiger partial charge >= 0.3 is 5.97 Å². The standard InChI is InChI=1S/C12H15Cl2NO3/c1-2-18-12(16)7-17-6-11(15)8-3-4-9(13)10(14)5-8/h3-5,11H,2,6-7,15H2,1H3. The minimum atomic E-state index is -0.404. The van der Waals surface area contributed by atoms with Gasteiger partial charge in [0.1, 0.15) is 6.61 Å². The molecule has 18 heavy (non-hydrogen) atoms. The lowest BCUT2D eigenvalue weighted by Crippen LogP contribution is -2.20. The summed E-state index contributed by atoms with van der Waals surface area (Å²) in [7, 11) is 0. The van der Waals surface area contributed by atoms with Crippen molar-refractivity contribution in [1.29, 1.82) is 0 Å². The highest BCUT2D eigenvalue weighted by atomic mass is 35.5. The highest BCUT2D eigenvalue weighted by Gasteiger charge is 2.10. The number of esters is 1. The van der Waals surface area contributed by atoms with E-state index in [4.69, 9.17) is 38.4 Å². The van der Waals surface area contributed by atoms with Gasteiger partial charge in [0.05, 0.1) is 29.3 Å². The topological polar surface area (TPSA) is 61.5 Å². The monoisotopic (exact) mass is 291 g/mol. The highest BCUT2D eigenvalue weighted by Crippen LogP contribution is 2.24. The van der Waals surface area contributed by atoms with Crippen molar-refractivity contribution in [3.8, 4) is 0 Å². The van der Waals surface area contributed by atoms with E-state index < -0.39 is 5.97 Å². The second-order valence-corrected chi connectivity index (χ2v) is 4.41. The fourth-order valence-electron chi connectivity index (χ4n) is 1.31. The van der Waals surface area contributed by atoms with E-state index in [-0.39, 0.29) is 19.3 Å². The van der Waals surface area contributed by atoms with E-state index in [2.05, 4.69) is 0 Å². The van der Waals surface area contributed by atoms with Crippen LogP contribution in [0, 0.1) is 0 Å². The number of rotatable bonds is 6. The van der Waals surface area contributed by atoms with E-state index in [9.17, 15) is 4.79 Å². The van der Waals surface area contributed by atoms with Crippen LogP contribution in [0.5, 0.6) is 0 Å². The van der Waals surface area contributed by atoms with Gasteiger partial charge in [0.25, 0.3) is 0 Å². The minimum Gasteiger partial charge on any atom is -0.464 e.